The number of hydrogen-bond donors (Lipinski definition) is 1. The molecule has 0 bridgehead atoms. The molecule has 2 aliphatic rings. The molecule has 33 heavy (non-hydrogen) atoms. The monoisotopic (exact) mass is 464 g/mol. The molecule has 0 saturated carbocycles. The van der Waals surface area contributed by atoms with Gasteiger partial charge in [-0.1, -0.05) is 20.8 Å². The normalized spacial score (nSPS) is 20.6. The number of hydrogen-bond acceptors (Lipinski definition) is 4. The summed E-state index contributed by atoms with van der Waals surface area (Å²) in [5.74, 6) is -0.451. The highest BCUT2D eigenvalue weighted by atomic mass is 19.4. The summed E-state index contributed by atoms with van der Waals surface area (Å²) in [5, 5.41) is 11.8. The third-order valence-electron chi connectivity index (χ3n) is 7.51. The predicted octanol–water partition coefficient (Wildman–Crippen LogP) is 3.80. The van der Waals surface area contributed by atoms with E-state index in [9.17, 15) is 22.8 Å². The van der Waals surface area contributed by atoms with Gasteiger partial charge in [0.2, 0.25) is 11.8 Å². The van der Waals surface area contributed by atoms with E-state index >= 15 is 0 Å². The molecule has 2 saturated heterocycles. The van der Waals surface area contributed by atoms with E-state index in [1.54, 1.807) is 13.1 Å². The summed E-state index contributed by atoms with van der Waals surface area (Å²) in [6, 6.07) is 5.30. The van der Waals surface area contributed by atoms with Crippen LogP contribution >= 0.6 is 0 Å². The molecule has 2 amide bonds. The van der Waals surface area contributed by atoms with Crippen molar-refractivity contribution in [1.29, 1.82) is 5.26 Å². The van der Waals surface area contributed by atoms with E-state index in [1.807, 2.05) is 30.6 Å². The standard InChI is InChI=1S/C24H31F3N4O2/c1-5-22(2,3)21(33)30-10-8-23(9-11-30)15-31(14-19(23)20(32)29-4)17-7-6-16(13-28)18(12-17)24(25,26)27/h6-7,12,19H,5,8-11,14-15H2,1-4H3,(H,29,32). The Balaban J connectivity index is 1.87. The first kappa shape index (κ1) is 24.9. The molecule has 0 aliphatic carbocycles. The van der Waals surface area contributed by atoms with Gasteiger partial charge in [-0.15, -0.1) is 0 Å². The predicted molar refractivity (Wildman–Crippen MR) is 118 cm³/mol. The number of anilines is 1. The van der Waals surface area contributed by atoms with Crippen LogP contribution in [-0.4, -0.2) is 49.9 Å². The van der Waals surface area contributed by atoms with Crippen molar-refractivity contribution >= 4 is 17.5 Å². The number of alkyl halides is 3. The van der Waals surface area contributed by atoms with Crippen LogP contribution < -0.4 is 10.2 Å². The van der Waals surface area contributed by atoms with E-state index in [4.69, 9.17) is 5.26 Å². The molecule has 1 unspecified atom stereocenters. The zero-order valence-electron chi connectivity index (χ0n) is 19.6. The van der Waals surface area contributed by atoms with E-state index in [1.165, 1.54) is 12.1 Å². The summed E-state index contributed by atoms with van der Waals surface area (Å²) < 4.78 is 40.4. The van der Waals surface area contributed by atoms with Crippen molar-refractivity contribution in [3.05, 3.63) is 29.3 Å². The summed E-state index contributed by atoms with van der Waals surface area (Å²) in [4.78, 5) is 29.3. The van der Waals surface area contributed by atoms with Gasteiger partial charge in [0.25, 0.3) is 0 Å². The van der Waals surface area contributed by atoms with E-state index in [0.29, 0.717) is 38.2 Å². The fourth-order valence-electron chi connectivity index (χ4n) is 5.00. The maximum atomic E-state index is 13.5. The number of carbonyl (C=O) groups excluding carboxylic acids is 2. The van der Waals surface area contributed by atoms with E-state index < -0.39 is 34.1 Å². The lowest BCUT2D eigenvalue weighted by atomic mass is 9.70. The minimum atomic E-state index is -4.64. The molecule has 2 heterocycles. The fraction of sp³-hybridized carbons (Fsp3) is 0.625. The lowest BCUT2D eigenvalue weighted by molar-refractivity contribution is -0.143. The van der Waals surface area contributed by atoms with Crippen LogP contribution in [0.4, 0.5) is 18.9 Å². The molecule has 1 aromatic rings. The number of piperidine rings is 1. The fourth-order valence-corrected chi connectivity index (χ4v) is 5.00. The quantitative estimate of drug-likeness (QED) is 0.735. The summed E-state index contributed by atoms with van der Waals surface area (Å²) in [7, 11) is 1.56. The first-order valence-electron chi connectivity index (χ1n) is 11.3. The van der Waals surface area contributed by atoms with Crippen LogP contribution in [0.1, 0.15) is 51.2 Å². The van der Waals surface area contributed by atoms with Crippen molar-refractivity contribution in [3.63, 3.8) is 0 Å². The second-order valence-electron chi connectivity index (χ2n) is 9.78. The molecule has 0 aromatic heterocycles. The number of likely N-dealkylation sites (tertiary alicyclic amines) is 1. The molecule has 9 heteroatoms. The number of benzene rings is 1. The molecular weight excluding hydrogens is 433 g/mol. The van der Waals surface area contributed by atoms with Gasteiger partial charge in [0.1, 0.15) is 0 Å². The number of amides is 2. The third-order valence-corrected chi connectivity index (χ3v) is 7.51. The van der Waals surface area contributed by atoms with Gasteiger partial charge < -0.3 is 15.1 Å². The topological polar surface area (TPSA) is 76.4 Å². The maximum Gasteiger partial charge on any atom is 0.417 e. The molecule has 6 nitrogen and oxygen atoms in total. The number of nitrogens with one attached hydrogen (secondary N) is 1. The van der Waals surface area contributed by atoms with Crippen LogP contribution in [0.25, 0.3) is 0 Å². The summed E-state index contributed by atoms with van der Waals surface area (Å²) >= 11 is 0. The van der Waals surface area contributed by atoms with Crippen LogP contribution in [0.2, 0.25) is 0 Å². The lowest BCUT2D eigenvalue weighted by Crippen LogP contribution is -2.51. The van der Waals surface area contributed by atoms with Gasteiger partial charge in [-0.25, -0.2) is 0 Å². The zero-order chi connectivity index (χ0) is 24.6. The largest absolute Gasteiger partial charge is 0.417 e. The van der Waals surface area contributed by atoms with Gasteiger partial charge in [0.15, 0.2) is 0 Å². The Morgan fingerprint density at radius 3 is 2.39 bits per heavy atom. The van der Waals surface area contributed by atoms with Crippen molar-refractivity contribution in [2.24, 2.45) is 16.7 Å². The number of nitrogens with zero attached hydrogens (tertiary/aromatic N) is 3. The van der Waals surface area contributed by atoms with Crippen molar-refractivity contribution < 1.29 is 22.8 Å². The Labute approximate surface area is 192 Å². The SMILES string of the molecule is CCC(C)(C)C(=O)N1CCC2(CC1)CN(c1ccc(C#N)c(C(F)(F)F)c1)CC2C(=O)NC. The summed E-state index contributed by atoms with van der Waals surface area (Å²) in [6.45, 7) is 7.58. The average molecular weight is 465 g/mol. The third kappa shape index (κ3) is 4.66. The number of halogens is 3. The first-order chi connectivity index (χ1) is 15.4. The number of rotatable bonds is 4. The molecule has 2 aliphatic heterocycles. The summed E-state index contributed by atoms with van der Waals surface area (Å²) in [6.07, 6.45) is -2.70. The van der Waals surface area contributed by atoms with Crippen LogP contribution in [-0.2, 0) is 15.8 Å². The zero-order valence-corrected chi connectivity index (χ0v) is 19.6. The van der Waals surface area contributed by atoms with E-state index in [0.717, 1.165) is 12.5 Å². The Bertz CT molecular complexity index is 959. The molecule has 0 radical (unpaired) electrons. The van der Waals surface area contributed by atoms with Crippen LogP contribution in [0.3, 0.4) is 0 Å². The smallest absolute Gasteiger partial charge is 0.370 e. The molecule has 1 spiro atoms. The Morgan fingerprint density at radius 2 is 1.88 bits per heavy atom. The molecule has 3 rings (SSSR count). The maximum absolute atomic E-state index is 13.5. The van der Waals surface area contributed by atoms with Crippen molar-refractivity contribution in [2.75, 3.05) is 38.1 Å². The van der Waals surface area contributed by atoms with Crippen LogP contribution in [0.5, 0.6) is 0 Å². The molecule has 2 fully saturated rings. The summed E-state index contributed by atoms with van der Waals surface area (Å²) in [5.41, 5.74) is -1.93. The van der Waals surface area contributed by atoms with Gasteiger partial charge >= 0.3 is 6.18 Å². The first-order valence-corrected chi connectivity index (χ1v) is 11.3. The molecule has 180 valence electrons. The Kier molecular flexibility index (Phi) is 6.69. The minimum absolute atomic E-state index is 0.0908. The van der Waals surface area contributed by atoms with E-state index in [-0.39, 0.29) is 18.4 Å². The highest BCUT2D eigenvalue weighted by Gasteiger charge is 2.52. The van der Waals surface area contributed by atoms with Crippen LogP contribution in [0, 0.1) is 28.1 Å². The van der Waals surface area contributed by atoms with Gasteiger partial charge in [-0.3, -0.25) is 9.59 Å². The minimum Gasteiger partial charge on any atom is -0.370 e. The second-order valence-corrected chi connectivity index (χ2v) is 9.78. The van der Waals surface area contributed by atoms with Crippen molar-refractivity contribution in [2.45, 2.75) is 46.2 Å². The highest BCUT2D eigenvalue weighted by Crippen LogP contribution is 2.47. The average Bonchev–Trinajstić information content (AvgIpc) is 3.16. The van der Waals surface area contributed by atoms with Crippen LogP contribution in [0.15, 0.2) is 18.2 Å². The molecule has 1 aromatic carbocycles. The molecular formula is C24H31F3N4O2. The van der Waals surface area contributed by atoms with Gasteiger partial charge in [0.05, 0.1) is 23.1 Å². The Morgan fingerprint density at radius 1 is 1.24 bits per heavy atom. The second kappa shape index (κ2) is 8.88. The van der Waals surface area contributed by atoms with Crippen molar-refractivity contribution in [1.82, 2.24) is 10.2 Å². The van der Waals surface area contributed by atoms with Gasteiger partial charge in [-0.05, 0) is 37.5 Å². The molecule has 1 N–H and O–H groups in total. The number of nitriles is 1. The Hall–Kier alpha value is -2.76. The lowest BCUT2D eigenvalue weighted by Gasteiger charge is -2.43. The molecule has 1 atom stereocenters. The van der Waals surface area contributed by atoms with Gasteiger partial charge in [-0.2, -0.15) is 18.4 Å². The van der Waals surface area contributed by atoms with E-state index in [2.05, 4.69) is 5.32 Å². The number of carbonyl (C=O) groups is 2. The van der Waals surface area contributed by atoms with Gasteiger partial charge in [0, 0.05) is 49.7 Å². The van der Waals surface area contributed by atoms with Crippen molar-refractivity contribution in [3.8, 4) is 6.07 Å². The highest BCUT2D eigenvalue weighted by molar-refractivity contribution is 5.83.